The number of nitrogens with one attached hydrogen (secondary N) is 1. The minimum Gasteiger partial charge on any atom is -0.423 e. The molecule has 1 N–H and O–H groups in total. The zero-order valence-corrected chi connectivity index (χ0v) is 16.0. The van der Waals surface area contributed by atoms with Crippen molar-refractivity contribution >= 4 is 34.9 Å². The van der Waals surface area contributed by atoms with E-state index in [4.69, 9.17) is 16.3 Å². The van der Waals surface area contributed by atoms with Gasteiger partial charge in [-0.15, -0.1) is 0 Å². The summed E-state index contributed by atoms with van der Waals surface area (Å²) in [5.74, 6) is -0.855. The van der Waals surface area contributed by atoms with Crippen molar-refractivity contribution in [3.05, 3.63) is 98.6 Å². The lowest BCUT2D eigenvalue weighted by Crippen LogP contribution is -2.12. The molecule has 3 rings (SSSR count). The highest BCUT2D eigenvalue weighted by Crippen LogP contribution is 2.21. The maximum atomic E-state index is 12.3. The zero-order valence-electron chi connectivity index (χ0n) is 15.2. The number of nitro groups is 1. The number of carbonyl (C=O) groups excluding carboxylic acids is 2. The average Bonchev–Trinajstić information content (AvgIpc) is 2.70. The molecule has 0 atom stereocenters. The van der Waals surface area contributed by atoms with Crippen LogP contribution in [0.4, 0.5) is 11.4 Å². The maximum Gasteiger partial charge on any atom is 0.343 e. The molecule has 29 heavy (non-hydrogen) atoms. The third-order valence-electron chi connectivity index (χ3n) is 4.07. The molecule has 0 saturated carbocycles. The van der Waals surface area contributed by atoms with E-state index in [2.05, 4.69) is 5.32 Å². The molecule has 8 heteroatoms. The van der Waals surface area contributed by atoms with Crippen molar-refractivity contribution in [3.8, 4) is 5.75 Å². The SMILES string of the molecule is Cc1ccc(C(=O)Oc2ccc(C(=O)Nc3ccc(Cl)cc3)cc2)cc1[N+](=O)[O-]. The molecule has 0 aliphatic carbocycles. The number of nitro benzene ring substituents is 1. The Morgan fingerprint density at radius 3 is 2.21 bits per heavy atom. The zero-order chi connectivity index (χ0) is 21.0. The monoisotopic (exact) mass is 410 g/mol. The van der Waals surface area contributed by atoms with E-state index in [1.54, 1.807) is 31.2 Å². The number of anilines is 1. The molecule has 0 heterocycles. The van der Waals surface area contributed by atoms with Gasteiger partial charge in [-0.3, -0.25) is 14.9 Å². The largest absolute Gasteiger partial charge is 0.423 e. The standard InChI is InChI=1S/C21H15ClN2O5/c1-13-2-3-15(12-19(13)24(27)28)21(26)29-18-10-4-14(5-11-18)20(25)23-17-8-6-16(22)7-9-17/h2-12H,1H3,(H,23,25). The van der Waals surface area contributed by atoms with Gasteiger partial charge in [0.05, 0.1) is 10.5 Å². The Labute approximate surface area is 171 Å². The quantitative estimate of drug-likeness (QED) is 0.275. The van der Waals surface area contributed by atoms with Gasteiger partial charge >= 0.3 is 5.97 Å². The lowest BCUT2D eigenvalue weighted by molar-refractivity contribution is -0.385. The van der Waals surface area contributed by atoms with Crippen LogP contribution in [0.15, 0.2) is 66.7 Å². The molecular weight excluding hydrogens is 396 g/mol. The molecule has 146 valence electrons. The first kappa shape index (κ1) is 20.0. The van der Waals surface area contributed by atoms with Crippen LogP contribution >= 0.6 is 11.6 Å². The first-order chi connectivity index (χ1) is 13.8. The predicted octanol–water partition coefficient (Wildman–Crippen LogP) is 5.03. The van der Waals surface area contributed by atoms with Gasteiger partial charge in [-0.1, -0.05) is 17.7 Å². The molecule has 0 spiro atoms. The predicted molar refractivity (Wildman–Crippen MR) is 109 cm³/mol. The molecule has 0 aromatic heterocycles. The minimum atomic E-state index is -0.730. The molecular formula is C21H15ClN2O5. The lowest BCUT2D eigenvalue weighted by Gasteiger charge is -2.08. The second-order valence-electron chi connectivity index (χ2n) is 6.13. The average molecular weight is 411 g/mol. The van der Waals surface area contributed by atoms with Crippen LogP contribution in [-0.4, -0.2) is 16.8 Å². The number of nitrogens with zero attached hydrogens (tertiary/aromatic N) is 1. The highest BCUT2D eigenvalue weighted by molar-refractivity contribution is 6.30. The van der Waals surface area contributed by atoms with Crippen LogP contribution in [0.1, 0.15) is 26.3 Å². The molecule has 0 saturated heterocycles. The van der Waals surface area contributed by atoms with Crippen LogP contribution in [0.3, 0.4) is 0 Å². The van der Waals surface area contributed by atoms with Gasteiger partial charge in [0.1, 0.15) is 5.75 Å². The Morgan fingerprint density at radius 1 is 0.966 bits per heavy atom. The van der Waals surface area contributed by atoms with Crippen LogP contribution in [0.25, 0.3) is 0 Å². The Morgan fingerprint density at radius 2 is 1.59 bits per heavy atom. The second-order valence-corrected chi connectivity index (χ2v) is 6.57. The second kappa shape index (κ2) is 8.53. The Bertz CT molecular complexity index is 1080. The van der Waals surface area contributed by atoms with E-state index in [-0.39, 0.29) is 22.9 Å². The van der Waals surface area contributed by atoms with Crippen LogP contribution in [0.5, 0.6) is 5.75 Å². The topological polar surface area (TPSA) is 98.5 Å². The van der Waals surface area contributed by atoms with E-state index < -0.39 is 10.9 Å². The van der Waals surface area contributed by atoms with Gasteiger partial charge in [0.15, 0.2) is 0 Å². The minimum absolute atomic E-state index is 0.0619. The van der Waals surface area contributed by atoms with E-state index in [0.29, 0.717) is 21.8 Å². The summed E-state index contributed by atoms with van der Waals surface area (Å²) in [6, 6.07) is 16.7. The van der Waals surface area contributed by atoms with Gasteiger partial charge < -0.3 is 10.1 Å². The van der Waals surface area contributed by atoms with E-state index in [0.717, 1.165) is 0 Å². The number of halogens is 1. The molecule has 0 aliphatic rings. The van der Waals surface area contributed by atoms with Crippen molar-refractivity contribution in [3.63, 3.8) is 0 Å². The number of amides is 1. The van der Waals surface area contributed by atoms with Crippen LogP contribution in [0.2, 0.25) is 5.02 Å². The van der Waals surface area contributed by atoms with Crippen molar-refractivity contribution in [2.75, 3.05) is 5.32 Å². The number of hydrogen-bond donors (Lipinski definition) is 1. The van der Waals surface area contributed by atoms with Gasteiger partial charge in [-0.05, 0) is 61.5 Å². The third-order valence-corrected chi connectivity index (χ3v) is 4.32. The summed E-state index contributed by atoms with van der Waals surface area (Å²) in [7, 11) is 0. The number of ether oxygens (including phenoxy) is 1. The van der Waals surface area contributed by atoms with Crippen molar-refractivity contribution in [2.45, 2.75) is 6.92 Å². The normalized spacial score (nSPS) is 10.3. The number of aryl methyl sites for hydroxylation is 1. The van der Waals surface area contributed by atoms with E-state index in [1.807, 2.05) is 0 Å². The van der Waals surface area contributed by atoms with Crippen LogP contribution in [-0.2, 0) is 0 Å². The number of rotatable bonds is 5. The van der Waals surface area contributed by atoms with Gasteiger partial charge in [0, 0.05) is 27.9 Å². The van der Waals surface area contributed by atoms with Crippen LogP contribution in [0, 0.1) is 17.0 Å². The maximum absolute atomic E-state index is 12.3. The molecule has 1 amide bonds. The summed E-state index contributed by atoms with van der Waals surface area (Å²) >= 11 is 5.81. The molecule has 0 radical (unpaired) electrons. The first-order valence-corrected chi connectivity index (χ1v) is 8.85. The summed E-state index contributed by atoms with van der Waals surface area (Å²) in [5, 5.41) is 14.3. The van der Waals surface area contributed by atoms with E-state index >= 15 is 0 Å². The van der Waals surface area contributed by atoms with Gasteiger partial charge in [-0.25, -0.2) is 4.79 Å². The molecule has 0 bridgehead atoms. The van der Waals surface area contributed by atoms with Gasteiger partial charge in [-0.2, -0.15) is 0 Å². The van der Waals surface area contributed by atoms with E-state index in [9.17, 15) is 19.7 Å². The van der Waals surface area contributed by atoms with Gasteiger partial charge in [0.25, 0.3) is 11.6 Å². The Balaban J connectivity index is 1.68. The van der Waals surface area contributed by atoms with Crippen molar-refractivity contribution < 1.29 is 19.2 Å². The highest BCUT2D eigenvalue weighted by atomic mass is 35.5. The lowest BCUT2D eigenvalue weighted by atomic mass is 10.1. The molecule has 3 aromatic rings. The fourth-order valence-electron chi connectivity index (χ4n) is 2.51. The number of carbonyl (C=O) groups is 2. The smallest absolute Gasteiger partial charge is 0.343 e. The summed E-state index contributed by atoms with van der Waals surface area (Å²) < 4.78 is 5.23. The number of benzene rings is 3. The molecule has 3 aromatic carbocycles. The van der Waals surface area contributed by atoms with Crippen molar-refractivity contribution in [1.82, 2.24) is 0 Å². The van der Waals surface area contributed by atoms with E-state index in [1.165, 1.54) is 42.5 Å². The fraction of sp³-hybridized carbons (Fsp3) is 0.0476. The highest BCUT2D eigenvalue weighted by Gasteiger charge is 2.16. The van der Waals surface area contributed by atoms with Crippen LogP contribution < -0.4 is 10.1 Å². The third kappa shape index (κ3) is 4.97. The molecule has 7 nitrogen and oxygen atoms in total. The summed E-state index contributed by atoms with van der Waals surface area (Å²) in [4.78, 5) is 35.0. The van der Waals surface area contributed by atoms with Crippen molar-refractivity contribution in [1.29, 1.82) is 0 Å². The fourth-order valence-corrected chi connectivity index (χ4v) is 2.64. The summed E-state index contributed by atoms with van der Waals surface area (Å²) in [6.07, 6.45) is 0. The number of hydrogen-bond acceptors (Lipinski definition) is 5. The summed E-state index contributed by atoms with van der Waals surface area (Å²) in [5.41, 5.74) is 1.31. The first-order valence-electron chi connectivity index (χ1n) is 8.48. The van der Waals surface area contributed by atoms with Crippen molar-refractivity contribution in [2.24, 2.45) is 0 Å². The van der Waals surface area contributed by atoms with Gasteiger partial charge in [0.2, 0.25) is 0 Å². The number of esters is 1. The Kier molecular flexibility index (Phi) is 5.90. The molecule has 0 unspecified atom stereocenters. The molecule has 0 fully saturated rings. The summed E-state index contributed by atoms with van der Waals surface area (Å²) in [6.45, 7) is 1.58. The Hall–Kier alpha value is -3.71. The molecule has 0 aliphatic heterocycles.